The van der Waals surface area contributed by atoms with Crippen molar-refractivity contribution >= 4 is 17.5 Å². The van der Waals surface area contributed by atoms with Gasteiger partial charge in [0.1, 0.15) is 18.0 Å². The molecule has 16 heavy (non-hydrogen) atoms. The first-order chi connectivity index (χ1) is 7.72. The molecule has 1 aromatic heterocycles. The topological polar surface area (TPSA) is 92.9 Å². The monoisotopic (exact) mass is 223 g/mol. The summed E-state index contributed by atoms with van der Waals surface area (Å²) in [7, 11) is 0. The summed E-state index contributed by atoms with van der Waals surface area (Å²) in [5.41, 5.74) is 5.03. The van der Waals surface area contributed by atoms with Crippen molar-refractivity contribution in [2.75, 3.05) is 23.7 Å². The van der Waals surface area contributed by atoms with E-state index in [4.69, 9.17) is 5.73 Å². The molecule has 1 amide bonds. The van der Waals surface area contributed by atoms with Crippen molar-refractivity contribution < 1.29 is 4.79 Å². The molecule has 0 aliphatic carbocycles. The second kappa shape index (κ2) is 6.60. The molecule has 6 heteroatoms. The lowest BCUT2D eigenvalue weighted by Crippen LogP contribution is -2.13. The number of carbonyl (C=O) groups is 1. The predicted molar refractivity (Wildman–Crippen MR) is 63.1 cm³/mol. The third kappa shape index (κ3) is 4.59. The molecule has 1 heterocycles. The van der Waals surface area contributed by atoms with Crippen LogP contribution in [0.4, 0.5) is 11.6 Å². The Hall–Kier alpha value is -1.85. The molecular weight excluding hydrogens is 206 g/mol. The zero-order valence-corrected chi connectivity index (χ0v) is 9.36. The molecule has 0 saturated heterocycles. The van der Waals surface area contributed by atoms with Crippen molar-refractivity contribution in [3.8, 4) is 0 Å². The summed E-state index contributed by atoms with van der Waals surface area (Å²) < 4.78 is 0. The zero-order chi connectivity index (χ0) is 11.8. The molecule has 6 nitrogen and oxygen atoms in total. The number of carbonyl (C=O) groups excluding carboxylic acids is 1. The Morgan fingerprint density at radius 1 is 1.38 bits per heavy atom. The minimum atomic E-state index is -0.280. The second-order valence-electron chi connectivity index (χ2n) is 3.32. The molecule has 0 aromatic carbocycles. The van der Waals surface area contributed by atoms with Gasteiger partial charge in [-0.05, 0) is 13.3 Å². The van der Waals surface area contributed by atoms with Crippen LogP contribution in [-0.4, -0.2) is 29.0 Å². The fourth-order valence-corrected chi connectivity index (χ4v) is 1.21. The van der Waals surface area contributed by atoms with Crippen LogP contribution in [-0.2, 0) is 4.79 Å². The average molecular weight is 223 g/mol. The average Bonchev–Trinajstić information content (AvgIpc) is 2.25. The van der Waals surface area contributed by atoms with Gasteiger partial charge < -0.3 is 16.4 Å². The number of nitrogens with one attached hydrogen (secondary N) is 2. The second-order valence-corrected chi connectivity index (χ2v) is 3.32. The van der Waals surface area contributed by atoms with Gasteiger partial charge >= 0.3 is 0 Å². The molecule has 0 saturated carbocycles. The summed E-state index contributed by atoms with van der Waals surface area (Å²) >= 11 is 0. The van der Waals surface area contributed by atoms with Gasteiger partial charge in [-0.1, -0.05) is 0 Å². The summed E-state index contributed by atoms with van der Waals surface area (Å²) in [5, 5.41) is 6.19. The van der Waals surface area contributed by atoms with Gasteiger partial charge in [0.05, 0.1) is 0 Å². The number of anilines is 2. The van der Waals surface area contributed by atoms with Gasteiger partial charge in [-0.25, -0.2) is 9.97 Å². The lowest BCUT2D eigenvalue weighted by Gasteiger charge is -2.06. The van der Waals surface area contributed by atoms with E-state index in [1.807, 2.05) is 13.0 Å². The molecule has 0 spiro atoms. The van der Waals surface area contributed by atoms with Gasteiger partial charge in [0.15, 0.2) is 0 Å². The molecule has 1 rings (SSSR count). The van der Waals surface area contributed by atoms with E-state index < -0.39 is 0 Å². The fourth-order valence-electron chi connectivity index (χ4n) is 1.21. The van der Waals surface area contributed by atoms with Crippen LogP contribution >= 0.6 is 0 Å². The number of nitrogens with zero attached hydrogens (tertiary/aromatic N) is 2. The van der Waals surface area contributed by atoms with Gasteiger partial charge in [-0.2, -0.15) is 0 Å². The van der Waals surface area contributed by atoms with Crippen LogP contribution in [0.1, 0.15) is 19.8 Å². The SMILES string of the molecule is CCNc1cc(NCCCC(N)=O)ncn1. The van der Waals surface area contributed by atoms with Gasteiger partial charge in [0.25, 0.3) is 0 Å². The van der Waals surface area contributed by atoms with Gasteiger partial charge in [-0.15, -0.1) is 0 Å². The van der Waals surface area contributed by atoms with E-state index in [0.29, 0.717) is 19.4 Å². The van der Waals surface area contributed by atoms with Crippen LogP contribution in [0.3, 0.4) is 0 Å². The Kier molecular flexibility index (Phi) is 5.04. The maximum Gasteiger partial charge on any atom is 0.217 e. The zero-order valence-electron chi connectivity index (χ0n) is 9.36. The Balaban J connectivity index is 2.35. The maximum atomic E-state index is 10.5. The molecular formula is C10H17N5O. The summed E-state index contributed by atoms with van der Waals surface area (Å²) in [6.45, 7) is 3.49. The Bertz CT molecular complexity index is 342. The number of rotatable bonds is 7. The standard InChI is InChI=1S/C10H17N5O/c1-2-12-9-6-10(15-7-14-9)13-5-3-4-8(11)16/h6-7H,2-5H2,1H3,(H2,11,16)(H2,12,13,14,15). The van der Waals surface area contributed by atoms with Crippen LogP contribution < -0.4 is 16.4 Å². The minimum absolute atomic E-state index is 0.280. The van der Waals surface area contributed by atoms with Gasteiger partial charge in [0, 0.05) is 25.6 Å². The van der Waals surface area contributed by atoms with Crippen LogP contribution in [0.5, 0.6) is 0 Å². The number of primary amides is 1. The molecule has 0 bridgehead atoms. The summed E-state index contributed by atoms with van der Waals surface area (Å²) in [6, 6.07) is 1.83. The highest BCUT2D eigenvalue weighted by molar-refractivity contribution is 5.73. The smallest absolute Gasteiger partial charge is 0.217 e. The number of aromatic nitrogens is 2. The fraction of sp³-hybridized carbons (Fsp3) is 0.500. The Morgan fingerprint density at radius 3 is 2.69 bits per heavy atom. The summed E-state index contributed by atoms with van der Waals surface area (Å²) in [5.74, 6) is 1.25. The van der Waals surface area contributed by atoms with E-state index in [2.05, 4.69) is 20.6 Å². The molecule has 0 aliphatic rings. The third-order valence-electron chi connectivity index (χ3n) is 1.93. The molecule has 0 fully saturated rings. The Morgan fingerprint density at radius 2 is 2.06 bits per heavy atom. The van der Waals surface area contributed by atoms with Crippen LogP contribution in [0.2, 0.25) is 0 Å². The third-order valence-corrected chi connectivity index (χ3v) is 1.93. The van der Waals surface area contributed by atoms with Crippen LogP contribution in [0.15, 0.2) is 12.4 Å². The number of amides is 1. The van der Waals surface area contributed by atoms with Crippen molar-refractivity contribution in [2.45, 2.75) is 19.8 Å². The van der Waals surface area contributed by atoms with Crippen molar-refractivity contribution in [2.24, 2.45) is 5.73 Å². The van der Waals surface area contributed by atoms with Crippen molar-refractivity contribution in [3.63, 3.8) is 0 Å². The largest absolute Gasteiger partial charge is 0.370 e. The van der Waals surface area contributed by atoms with E-state index >= 15 is 0 Å². The number of hydrogen-bond acceptors (Lipinski definition) is 5. The normalized spacial score (nSPS) is 9.81. The lowest BCUT2D eigenvalue weighted by molar-refractivity contribution is -0.118. The van der Waals surface area contributed by atoms with Crippen LogP contribution in [0.25, 0.3) is 0 Å². The van der Waals surface area contributed by atoms with E-state index in [1.165, 1.54) is 6.33 Å². The first-order valence-corrected chi connectivity index (χ1v) is 5.30. The molecule has 1 aromatic rings. The minimum Gasteiger partial charge on any atom is -0.370 e. The van der Waals surface area contributed by atoms with Crippen molar-refractivity contribution in [1.82, 2.24) is 9.97 Å². The molecule has 0 aliphatic heterocycles. The summed E-state index contributed by atoms with van der Waals surface area (Å²) in [4.78, 5) is 18.6. The van der Waals surface area contributed by atoms with Crippen molar-refractivity contribution in [3.05, 3.63) is 12.4 Å². The van der Waals surface area contributed by atoms with E-state index in [9.17, 15) is 4.79 Å². The van der Waals surface area contributed by atoms with Gasteiger partial charge in [-0.3, -0.25) is 4.79 Å². The first kappa shape index (κ1) is 12.2. The lowest BCUT2D eigenvalue weighted by atomic mass is 10.3. The first-order valence-electron chi connectivity index (χ1n) is 5.30. The molecule has 4 N–H and O–H groups in total. The number of hydrogen-bond donors (Lipinski definition) is 3. The Labute approximate surface area is 94.7 Å². The molecule has 0 unspecified atom stereocenters. The highest BCUT2D eigenvalue weighted by Gasteiger charge is 1.98. The van der Waals surface area contributed by atoms with E-state index in [0.717, 1.165) is 18.2 Å². The highest BCUT2D eigenvalue weighted by atomic mass is 16.1. The maximum absolute atomic E-state index is 10.5. The number of nitrogens with two attached hydrogens (primary N) is 1. The van der Waals surface area contributed by atoms with E-state index in [1.54, 1.807) is 0 Å². The predicted octanol–water partition coefficient (Wildman–Crippen LogP) is 0.586. The summed E-state index contributed by atoms with van der Waals surface area (Å²) in [6.07, 6.45) is 2.59. The van der Waals surface area contributed by atoms with Crippen molar-refractivity contribution in [1.29, 1.82) is 0 Å². The molecule has 0 radical (unpaired) electrons. The van der Waals surface area contributed by atoms with Crippen LogP contribution in [0, 0.1) is 0 Å². The quantitative estimate of drug-likeness (QED) is 0.588. The van der Waals surface area contributed by atoms with E-state index in [-0.39, 0.29) is 5.91 Å². The molecule has 0 atom stereocenters. The highest BCUT2D eigenvalue weighted by Crippen LogP contribution is 2.08. The van der Waals surface area contributed by atoms with Gasteiger partial charge in [0.2, 0.25) is 5.91 Å². The molecule has 88 valence electrons.